The lowest BCUT2D eigenvalue weighted by Gasteiger charge is -2.16. The fraction of sp³-hybridized carbons (Fsp3) is 0.421. The molecule has 0 radical (unpaired) electrons. The molecule has 1 heterocycles. The molecule has 0 saturated heterocycles. The summed E-state index contributed by atoms with van der Waals surface area (Å²) < 4.78 is 31.1. The lowest BCUT2D eigenvalue weighted by Crippen LogP contribution is -2.26. The second-order valence-corrected chi connectivity index (χ2v) is 6.74. The average Bonchev–Trinajstić information content (AvgIpc) is 3.30. The van der Waals surface area contributed by atoms with Crippen LogP contribution in [0.2, 0.25) is 0 Å². The van der Waals surface area contributed by atoms with Gasteiger partial charge in [0.1, 0.15) is 6.54 Å². The number of rotatable bonds is 4. The molecule has 136 valence electrons. The van der Waals surface area contributed by atoms with Crippen LogP contribution in [0.5, 0.6) is 0 Å². The van der Waals surface area contributed by atoms with Gasteiger partial charge in [-0.15, -0.1) is 5.10 Å². The van der Waals surface area contributed by atoms with Crippen LogP contribution < -0.4 is 0 Å². The van der Waals surface area contributed by atoms with E-state index >= 15 is 0 Å². The van der Waals surface area contributed by atoms with E-state index in [4.69, 9.17) is 0 Å². The molecule has 7 heteroatoms. The highest BCUT2D eigenvalue weighted by molar-refractivity contribution is 5.75. The van der Waals surface area contributed by atoms with Crippen molar-refractivity contribution in [1.82, 2.24) is 19.9 Å². The second kappa shape index (κ2) is 6.87. The molecule has 1 aliphatic rings. The summed E-state index contributed by atoms with van der Waals surface area (Å²) in [5.41, 5.74) is 0.379. The van der Waals surface area contributed by atoms with Crippen LogP contribution in [-0.4, -0.2) is 39.9 Å². The van der Waals surface area contributed by atoms with Gasteiger partial charge in [-0.1, -0.05) is 23.1 Å². The van der Waals surface area contributed by atoms with Crippen LogP contribution >= 0.6 is 0 Å². The molecule has 0 bridgehead atoms. The monoisotopic (exact) mass is 358 g/mol. The molecule has 0 atom stereocenters. The fourth-order valence-electron chi connectivity index (χ4n) is 2.39. The van der Waals surface area contributed by atoms with Crippen LogP contribution in [0.4, 0.5) is 8.78 Å². The van der Waals surface area contributed by atoms with Gasteiger partial charge in [-0.3, -0.25) is 4.79 Å². The van der Waals surface area contributed by atoms with Gasteiger partial charge >= 0.3 is 5.92 Å². The van der Waals surface area contributed by atoms with Gasteiger partial charge in [-0.05, 0) is 37.5 Å². The molecule has 1 aromatic carbocycles. The first-order valence-corrected chi connectivity index (χ1v) is 8.38. The van der Waals surface area contributed by atoms with E-state index in [1.54, 1.807) is 33.2 Å². The molecule has 0 aliphatic heterocycles. The van der Waals surface area contributed by atoms with Gasteiger partial charge in [0.15, 0.2) is 5.69 Å². The third-order valence-corrected chi connectivity index (χ3v) is 4.23. The predicted octanol–water partition coefficient (Wildman–Crippen LogP) is 2.58. The standard InChI is InChI=1S/C19H20F2N4O/c1-13-4-5-15(9-8-14-6-7-14)10-16(13)19(20,21)17-11-25(23-22-17)12-18(26)24(2)3/h4-5,10-11,14H,6-7,12H2,1-3H3. The number of carbonyl (C=O) groups excluding carboxylic acids is 1. The van der Waals surface area contributed by atoms with Crippen molar-refractivity contribution in [3.8, 4) is 11.8 Å². The Morgan fingerprint density at radius 2 is 2.12 bits per heavy atom. The number of amides is 1. The Balaban J connectivity index is 1.88. The van der Waals surface area contributed by atoms with Crippen LogP contribution in [0.1, 0.15) is 35.2 Å². The minimum Gasteiger partial charge on any atom is -0.347 e. The zero-order valence-corrected chi connectivity index (χ0v) is 15.0. The van der Waals surface area contributed by atoms with Crippen molar-refractivity contribution in [2.75, 3.05) is 14.1 Å². The van der Waals surface area contributed by atoms with Gasteiger partial charge < -0.3 is 4.90 Å². The van der Waals surface area contributed by atoms with E-state index in [0.717, 1.165) is 23.7 Å². The van der Waals surface area contributed by atoms with Crippen LogP contribution in [0.3, 0.4) is 0 Å². The minimum absolute atomic E-state index is 0.137. The van der Waals surface area contributed by atoms with E-state index in [0.29, 0.717) is 17.0 Å². The summed E-state index contributed by atoms with van der Waals surface area (Å²) in [6.45, 7) is 1.49. The number of nitrogens with zero attached hydrogens (tertiary/aromatic N) is 4. The van der Waals surface area contributed by atoms with E-state index in [1.165, 1.54) is 11.0 Å². The molecule has 0 N–H and O–H groups in total. The third-order valence-electron chi connectivity index (χ3n) is 4.23. The fourth-order valence-corrected chi connectivity index (χ4v) is 2.39. The maximum absolute atomic E-state index is 15.0. The lowest BCUT2D eigenvalue weighted by atomic mass is 9.98. The van der Waals surface area contributed by atoms with E-state index in [9.17, 15) is 13.6 Å². The van der Waals surface area contributed by atoms with E-state index < -0.39 is 11.6 Å². The van der Waals surface area contributed by atoms with Crippen molar-refractivity contribution in [2.45, 2.75) is 32.2 Å². The Labute approximate surface area is 151 Å². The van der Waals surface area contributed by atoms with Crippen LogP contribution in [0.25, 0.3) is 0 Å². The summed E-state index contributed by atoms with van der Waals surface area (Å²) in [5, 5.41) is 7.25. The van der Waals surface area contributed by atoms with Crippen LogP contribution in [0, 0.1) is 24.7 Å². The molecule has 0 spiro atoms. The van der Waals surface area contributed by atoms with Gasteiger partial charge in [-0.25, -0.2) is 4.68 Å². The predicted molar refractivity (Wildman–Crippen MR) is 92.5 cm³/mol. The average molecular weight is 358 g/mol. The van der Waals surface area contributed by atoms with Gasteiger partial charge in [-0.2, -0.15) is 8.78 Å². The number of alkyl halides is 2. The Morgan fingerprint density at radius 3 is 2.77 bits per heavy atom. The molecule has 1 saturated carbocycles. The van der Waals surface area contributed by atoms with Crippen molar-refractivity contribution in [3.63, 3.8) is 0 Å². The number of carbonyl (C=O) groups is 1. The summed E-state index contributed by atoms with van der Waals surface area (Å²) in [6.07, 6.45) is 3.27. The number of hydrogen-bond donors (Lipinski definition) is 0. The number of benzene rings is 1. The van der Waals surface area contributed by atoms with Gasteiger partial charge in [0.05, 0.1) is 6.20 Å². The van der Waals surface area contributed by atoms with Crippen molar-refractivity contribution in [3.05, 3.63) is 46.8 Å². The molecule has 1 fully saturated rings. The first kappa shape index (κ1) is 18.1. The SMILES string of the molecule is Cc1ccc(C#CC2CC2)cc1C(F)(F)c1cn(CC(=O)N(C)C)nn1. The molecule has 5 nitrogen and oxygen atoms in total. The topological polar surface area (TPSA) is 51.0 Å². The molecule has 2 aromatic rings. The van der Waals surface area contributed by atoms with Crippen molar-refractivity contribution < 1.29 is 13.6 Å². The second-order valence-electron chi connectivity index (χ2n) is 6.74. The Kier molecular flexibility index (Phi) is 4.77. The van der Waals surface area contributed by atoms with Gasteiger partial charge in [0.25, 0.3) is 0 Å². The molecule has 3 rings (SSSR count). The zero-order valence-electron chi connectivity index (χ0n) is 15.0. The number of aromatic nitrogens is 3. The highest BCUT2D eigenvalue weighted by Gasteiger charge is 2.39. The smallest absolute Gasteiger partial charge is 0.318 e. The first-order chi connectivity index (χ1) is 12.3. The van der Waals surface area contributed by atoms with Crippen molar-refractivity contribution >= 4 is 5.91 Å². The van der Waals surface area contributed by atoms with E-state index in [-0.39, 0.29) is 18.0 Å². The largest absolute Gasteiger partial charge is 0.347 e. The summed E-state index contributed by atoms with van der Waals surface area (Å²) in [6, 6.07) is 4.80. The molecular formula is C19H20F2N4O. The molecule has 1 aromatic heterocycles. The number of likely N-dealkylation sites (N-methyl/N-ethyl adjacent to an activating group) is 1. The van der Waals surface area contributed by atoms with E-state index in [2.05, 4.69) is 22.2 Å². The summed E-state index contributed by atoms with van der Waals surface area (Å²) in [7, 11) is 3.18. The van der Waals surface area contributed by atoms with Gasteiger partial charge in [0.2, 0.25) is 5.91 Å². The van der Waals surface area contributed by atoms with Crippen molar-refractivity contribution in [1.29, 1.82) is 0 Å². The number of halogens is 2. The number of hydrogen-bond acceptors (Lipinski definition) is 3. The molecule has 26 heavy (non-hydrogen) atoms. The summed E-state index contributed by atoms with van der Waals surface area (Å²) >= 11 is 0. The lowest BCUT2D eigenvalue weighted by molar-refractivity contribution is -0.129. The maximum atomic E-state index is 15.0. The van der Waals surface area contributed by atoms with Crippen LogP contribution in [-0.2, 0) is 17.3 Å². The number of aryl methyl sites for hydroxylation is 1. The minimum atomic E-state index is -3.32. The van der Waals surface area contributed by atoms with Crippen molar-refractivity contribution in [2.24, 2.45) is 5.92 Å². The van der Waals surface area contributed by atoms with Crippen LogP contribution in [0.15, 0.2) is 24.4 Å². The molecular weight excluding hydrogens is 338 g/mol. The first-order valence-electron chi connectivity index (χ1n) is 8.38. The Morgan fingerprint density at radius 1 is 1.38 bits per heavy atom. The summed E-state index contributed by atoms with van der Waals surface area (Å²) in [4.78, 5) is 13.1. The van der Waals surface area contributed by atoms with E-state index in [1.807, 2.05) is 0 Å². The maximum Gasteiger partial charge on any atom is 0.318 e. The highest BCUT2D eigenvalue weighted by Crippen LogP contribution is 2.36. The Bertz CT molecular complexity index is 888. The zero-order chi connectivity index (χ0) is 18.9. The molecule has 1 aliphatic carbocycles. The Hall–Kier alpha value is -2.75. The normalized spacial score (nSPS) is 13.9. The van der Waals surface area contributed by atoms with Gasteiger partial charge in [0, 0.05) is 31.1 Å². The molecule has 0 unspecified atom stereocenters. The molecule has 1 amide bonds. The quantitative estimate of drug-likeness (QED) is 0.790. The highest BCUT2D eigenvalue weighted by atomic mass is 19.3. The third kappa shape index (κ3) is 3.90. The summed E-state index contributed by atoms with van der Waals surface area (Å²) in [5.74, 6) is 2.87.